The summed E-state index contributed by atoms with van der Waals surface area (Å²) < 4.78 is 5.02. The van der Waals surface area contributed by atoms with Crippen LogP contribution < -0.4 is 5.73 Å². The topological polar surface area (TPSA) is 52.3 Å². The smallest absolute Gasteiger partial charge is 0.306 e. The quantitative estimate of drug-likeness (QED) is 0.666. The minimum Gasteiger partial charge on any atom is -0.466 e. The van der Waals surface area contributed by atoms with Gasteiger partial charge in [-0.1, -0.05) is 12.1 Å². The van der Waals surface area contributed by atoms with Crippen molar-refractivity contribution >= 4 is 11.7 Å². The van der Waals surface area contributed by atoms with Crippen LogP contribution in [0.5, 0.6) is 0 Å². The lowest BCUT2D eigenvalue weighted by molar-refractivity contribution is -0.144. The van der Waals surface area contributed by atoms with Crippen LogP contribution >= 0.6 is 0 Å². The van der Waals surface area contributed by atoms with Crippen LogP contribution in [0.4, 0.5) is 5.69 Å². The fraction of sp³-hybridized carbons (Fsp3) is 0.562. The molecule has 0 saturated heterocycles. The van der Waals surface area contributed by atoms with Gasteiger partial charge in [0.25, 0.3) is 0 Å². The van der Waals surface area contributed by atoms with E-state index in [0.717, 1.165) is 31.4 Å². The lowest BCUT2D eigenvalue weighted by Crippen LogP contribution is -2.17. The van der Waals surface area contributed by atoms with Crippen molar-refractivity contribution in [3.05, 3.63) is 29.8 Å². The Bertz CT molecular complexity index is 405. The highest BCUT2D eigenvalue weighted by Crippen LogP contribution is 2.37. The number of ether oxygens (including phenoxy) is 1. The molecule has 1 fully saturated rings. The predicted octanol–water partition coefficient (Wildman–Crippen LogP) is 3.50. The molecule has 2 N–H and O–H groups in total. The van der Waals surface area contributed by atoms with E-state index in [1.54, 1.807) is 0 Å². The summed E-state index contributed by atoms with van der Waals surface area (Å²) in [6.07, 6.45) is 5.14. The van der Waals surface area contributed by atoms with Crippen LogP contribution in [0.2, 0.25) is 0 Å². The Kier molecular flexibility index (Phi) is 4.83. The molecule has 3 heteroatoms. The van der Waals surface area contributed by atoms with Gasteiger partial charge in [0.05, 0.1) is 6.61 Å². The molecule has 0 atom stereocenters. The van der Waals surface area contributed by atoms with Gasteiger partial charge in [0, 0.05) is 12.1 Å². The first-order valence-electron chi connectivity index (χ1n) is 7.20. The summed E-state index contributed by atoms with van der Waals surface area (Å²) in [6.45, 7) is 2.34. The molecule has 0 amide bonds. The Morgan fingerprint density at radius 1 is 1.21 bits per heavy atom. The van der Waals surface area contributed by atoms with E-state index in [9.17, 15) is 4.79 Å². The van der Waals surface area contributed by atoms with Crippen LogP contribution in [0.1, 0.15) is 50.5 Å². The Labute approximate surface area is 115 Å². The van der Waals surface area contributed by atoms with Gasteiger partial charge in [-0.05, 0) is 62.1 Å². The maximum absolute atomic E-state index is 11.5. The standard InChI is InChI=1S/C16H23NO2/c1-2-19-16(18)11-12-3-5-13(6-4-12)14-7-9-15(17)10-8-14/h7-10,12-13H,2-6,11,17H2,1H3/t12-,13-. The van der Waals surface area contributed by atoms with Gasteiger partial charge in [-0.15, -0.1) is 0 Å². The largest absolute Gasteiger partial charge is 0.466 e. The minimum atomic E-state index is -0.0431. The van der Waals surface area contributed by atoms with Crippen LogP contribution in [0, 0.1) is 5.92 Å². The molecule has 0 heterocycles. The average molecular weight is 261 g/mol. The zero-order valence-corrected chi connectivity index (χ0v) is 11.6. The Morgan fingerprint density at radius 2 is 1.84 bits per heavy atom. The Balaban J connectivity index is 1.82. The van der Waals surface area contributed by atoms with Gasteiger partial charge in [0.15, 0.2) is 0 Å². The summed E-state index contributed by atoms with van der Waals surface area (Å²) >= 11 is 0. The monoisotopic (exact) mass is 261 g/mol. The predicted molar refractivity (Wildman–Crippen MR) is 76.8 cm³/mol. The van der Waals surface area contributed by atoms with E-state index in [1.807, 2.05) is 19.1 Å². The first kappa shape index (κ1) is 13.9. The summed E-state index contributed by atoms with van der Waals surface area (Å²) in [5, 5.41) is 0. The molecule has 1 aliphatic carbocycles. The summed E-state index contributed by atoms with van der Waals surface area (Å²) in [5.41, 5.74) is 7.91. The maximum atomic E-state index is 11.5. The number of hydrogen-bond acceptors (Lipinski definition) is 3. The molecule has 0 radical (unpaired) electrons. The van der Waals surface area contributed by atoms with Crippen molar-refractivity contribution < 1.29 is 9.53 Å². The fourth-order valence-corrected chi connectivity index (χ4v) is 2.92. The SMILES string of the molecule is CCOC(=O)C[C@H]1CC[C@H](c2ccc(N)cc2)CC1. The molecule has 0 unspecified atom stereocenters. The normalized spacial score (nSPS) is 23.0. The number of carbonyl (C=O) groups is 1. The molecule has 1 aliphatic rings. The Hall–Kier alpha value is -1.51. The van der Waals surface area contributed by atoms with E-state index >= 15 is 0 Å². The van der Waals surface area contributed by atoms with Crippen LogP contribution in [0.3, 0.4) is 0 Å². The highest BCUT2D eigenvalue weighted by Gasteiger charge is 2.24. The van der Waals surface area contributed by atoms with E-state index in [-0.39, 0.29) is 5.97 Å². The number of benzene rings is 1. The van der Waals surface area contributed by atoms with Crippen molar-refractivity contribution in [2.24, 2.45) is 5.92 Å². The van der Waals surface area contributed by atoms with E-state index in [2.05, 4.69) is 12.1 Å². The zero-order chi connectivity index (χ0) is 13.7. The van der Waals surface area contributed by atoms with Crippen molar-refractivity contribution in [2.75, 3.05) is 12.3 Å². The average Bonchev–Trinajstić information content (AvgIpc) is 2.41. The molecule has 0 bridgehead atoms. The third-order valence-electron chi connectivity index (χ3n) is 4.02. The second kappa shape index (κ2) is 6.60. The summed E-state index contributed by atoms with van der Waals surface area (Å²) in [6, 6.07) is 8.21. The second-order valence-corrected chi connectivity index (χ2v) is 5.39. The third-order valence-corrected chi connectivity index (χ3v) is 4.02. The summed E-state index contributed by atoms with van der Waals surface area (Å²) in [7, 11) is 0. The number of anilines is 1. The molecule has 0 aromatic heterocycles. The Morgan fingerprint density at radius 3 is 2.42 bits per heavy atom. The van der Waals surface area contributed by atoms with Gasteiger partial charge < -0.3 is 10.5 Å². The van der Waals surface area contributed by atoms with Crippen LogP contribution in [-0.4, -0.2) is 12.6 Å². The lowest BCUT2D eigenvalue weighted by atomic mass is 9.77. The van der Waals surface area contributed by atoms with E-state index in [0.29, 0.717) is 24.9 Å². The molecule has 2 rings (SSSR count). The van der Waals surface area contributed by atoms with Crippen molar-refractivity contribution in [3.8, 4) is 0 Å². The van der Waals surface area contributed by atoms with Crippen molar-refractivity contribution in [1.82, 2.24) is 0 Å². The molecule has 0 spiro atoms. The van der Waals surface area contributed by atoms with Gasteiger partial charge in [0.2, 0.25) is 0 Å². The van der Waals surface area contributed by atoms with Gasteiger partial charge in [-0.25, -0.2) is 0 Å². The van der Waals surface area contributed by atoms with Gasteiger partial charge in [0.1, 0.15) is 0 Å². The molecule has 104 valence electrons. The zero-order valence-electron chi connectivity index (χ0n) is 11.6. The van der Waals surface area contributed by atoms with Crippen LogP contribution in [-0.2, 0) is 9.53 Å². The first-order chi connectivity index (χ1) is 9.19. The molecule has 19 heavy (non-hydrogen) atoms. The molecule has 1 saturated carbocycles. The molecular formula is C16H23NO2. The van der Waals surface area contributed by atoms with Crippen molar-refractivity contribution in [1.29, 1.82) is 0 Å². The summed E-state index contributed by atoms with van der Waals surface area (Å²) in [4.78, 5) is 11.5. The van der Waals surface area contributed by atoms with Crippen molar-refractivity contribution in [3.63, 3.8) is 0 Å². The van der Waals surface area contributed by atoms with Gasteiger partial charge in [-0.2, -0.15) is 0 Å². The number of nitrogens with two attached hydrogens (primary N) is 1. The number of hydrogen-bond donors (Lipinski definition) is 1. The molecule has 3 nitrogen and oxygen atoms in total. The fourth-order valence-electron chi connectivity index (χ4n) is 2.92. The first-order valence-corrected chi connectivity index (χ1v) is 7.20. The van der Waals surface area contributed by atoms with Gasteiger partial charge in [-0.3, -0.25) is 4.79 Å². The van der Waals surface area contributed by atoms with E-state index in [4.69, 9.17) is 10.5 Å². The highest BCUT2D eigenvalue weighted by molar-refractivity contribution is 5.69. The number of esters is 1. The van der Waals surface area contributed by atoms with E-state index in [1.165, 1.54) is 5.56 Å². The third kappa shape index (κ3) is 3.98. The minimum absolute atomic E-state index is 0.0431. The van der Waals surface area contributed by atoms with Crippen LogP contribution in [0.15, 0.2) is 24.3 Å². The molecular weight excluding hydrogens is 238 g/mol. The highest BCUT2D eigenvalue weighted by atomic mass is 16.5. The number of nitrogen functional groups attached to an aromatic ring is 1. The lowest BCUT2D eigenvalue weighted by Gasteiger charge is -2.28. The second-order valence-electron chi connectivity index (χ2n) is 5.39. The maximum Gasteiger partial charge on any atom is 0.306 e. The van der Waals surface area contributed by atoms with Gasteiger partial charge >= 0.3 is 5.97 Å². The molecule has 0 aliphatic heterocycles. The number of carbonyl (C=O) groups excluding carboxylic acids is 1. The van der Waals surface area contributed by atoms with Crippen LogP contribution in [0.25, 0.3) is 0 Å². The molecule has 1 aromatic rings. The summed E-state index contributed by atoms with van der Waals surface area (Å²) in [5.74, 6) is 1.08. The number of rotatable bonds is 4. The molecule has 1 aromatic carbocycles. The van der Waals surface area contributed by atoms with E-state index < -0.39 is 0 Å². The van der Waals surface area contributed by atoms with Crippen molar-refractivity contribution in [2.45, 2.75) is 44.9 Å².